The molecule has 0 amide bonds. The van der Waals surface area contributed by atoms with E-state index < -0.39 is 5.41 Å². The summed E-state index contributed by atoms with van der Waals surface area (Å²) >= 11 is 0. The van der Waals surface area contributed by atoms with Gasteiger partial charge in [0.2, 0.25) is 0 Å². The fourth-order valence-corrected chi connectivity index (χ4v) is 9.42. The summed E-state index contributed by atoms with van der Waals surface area (Å²) in [6.07, 6.45) is 8.20. The third-order valence-electron chi connectivity index (χ3n) is 11.8. The molecular weight excluding hydrogens is 685 g/mol. The van der Waals surface area contributed by atoms with E-state index in [2.05, 4.69) is 145 Å². The Bertz CT molecular complexity index is 2900. The Morgan fingerprint density at radius 1 is 0.607 bits per heavy atom. The molecule has 2 aliphatic heterocycles. The highest BCUT2D eigenvalue weighted by Gasteiger charge is 2.56. The molecule has 0 radical (unpaired) electrons. The predicted octanol–water partition coefficient (Wildman–Crippen LogP) is 10.7. The number of hydrogen-bond acceptors (Lipinski definition) is 5. The summed E-state index contributed by atoms with van der Waals surface area (Å²) in [7, 11) is 0. The number of amidine groups is 2. The van der Waals surface area contributed by atoms with Gasteiger partial charge in [-0.3, -0.25) is 0 Å². The second-order valence-electron chi connectivity index (χ2n) is 14.8. The number of allylic oxidation sites excluding steroid dienone is 2. The van der Waals surface area contributed by atoms with Crippen molar-refractivity contribution in [3.8, 4) is 34.1 Å². The minimum atomic E-state index is -0.566. The Balaban J connectivity index is 1.10. The number of rotatable bonds is 4. The topological polar surface area (TPSA) is 69.8 Å². The quantitative estimate of drug-likeness (QED) is 0.197. The monoisotopic (exact) mass is 718 g/mol. The molecule has 264 valence electrons. The summed E-state index contributed by atoms with van der Waals surface area (Å²) in [5.74, 6) is 2.35. The van der Waals surface area contributed by atoms with Gasteiger partial charge in [-0.2, -0.15) is 5.26 Å². The van der Waals surface area contributed by atoms with E-state index in [4.69, 9.17) is 14.7 Å². The lowest BCUT2D eigenvalue weighted by Gasteiger charge is -2.47. The first-order valence-electron chi connectivity index (χ1n) is 19.1. The number of nitriles is 1. The van der Waals surface area contributed by atoms with Gasteiger partial charge >= 0.3 is 0 Å². The molecule has 4 unspecified atom stereocenters. The van der Waals surface area contributed by atoms with E-state index >= 15 is 0 Å². The molecule has 0 saturated heterocycles. The lowest BCUT2D eigenvalue weighted by molar-refractivity contribution is 0.141. The summed E-state index contributed by atoms with van der Waals surface area (Å²) < 4.78 is 6.70. The normalized spacial score (nSPS) is 21.1. The molecule has 11 rings (SSSR count). The zero-order valence-electron chi connectivity index (χ0n) is 30.3. The van der Waals surface area contributed by atoms with Crippen molar-refractivity contribution in [2.24, 2.45) is 15.9 Å². The standard InChI is InChI=1S/C51H34N4O/c52-31-37-30-44-47(39-21-8-7-20-38(37)39)40-29-35(26-27-41(40)51(44)42-22-9-11-24-45(42)56-46-25-12-10-23-43(46)51)34-18-13-19-36(28-34)50-54-48(32-14-3-1-4-15-32)53-49(55-50)33-16-5-2-6-17-33/h1-30,42,45,50H,(H,53,54,55). The lowest BCUT2D eigenvalue weighted by Crippen LogP contribution is -2.47. The Hall–Kier alpha value is -7.29. The van der Waals surface area contributed by atoms with Crippen LogP contribution >= 0.6 is 0 Å². The molecule has 0 aromatic heterocycles. The smallest absolute Gasteiger partial charge is 0.159 e. The van der Waals surface area contributed by atoms with E-state index in [1.54, 1.807) is 0 Å². The van der Waals surface area contributed by atoms with Gasteiger partial charge in [0.15, 0.2) is 5.84 Å². The van der Waals surface area contributed by atoms with Gasteiger partial charge in [0, 0.05) is 28.0 Å². The molecule has 0 saturated carbocycles. The average Bonchev–Trinajstić information content (AvgIpc) is 3.56. The first-order valence-corrected chi connectivity index (χ1v) is 19.1. The zero-order valence-corrected chi connectivity index (χ0v) is 30.3. The molecule has 0 bridgehead atoms. The van der Waals surface area contributed by atoms with Crippen molar-refractivity contribution in [2.45, 2.75) is 17.7 Å². The van der Waals surface area contributed by atoms with E-state index in [0.29, 0.717) is 11.4 Å². The summed E-state index contributed by atoms with van der Waals surface area (Å²) in [6, 6.07) is 57.6. The zero-order chi connectivity index (χ0) is 37.2. The van der Waals surface area contributed by atoms with Gasteiger partial charge in [-0.05, 0) is 74.7 Å². The minimum Gasteiger partial charge on any atom is -0.485 e. The van der Waals surface area contributed by atoms with Gasteiger partial charge < -0.3 is 10.1 Å². The van der Waals surface area contributed by atoms with Crippen molar-refractivity contribution < 1.29 is 4.74 Å². The number of hydrogen-bond donors (Lipinski definition) is 1. The highest BCUT2D eigenvalue weighted by Crippen LogP contribution is 2.63. The molecule has 2 heterocycles. The Labute approximate surface area is 325 Å². The maximum Gasteiger partial charge on any atom is 0.159 e. The molecule has 0 fully saturated rings. The van der Waals surface area contributed by atoms with E-state index in [1.807, 2.05) is 48.5 Å². The van der Waals surface area contributed by atoms with Crippen molar-refractivity contribution >= 4 is 22.4 Å². The third kappa shape index (κ3) is 4.79. The first kappa shape index (κ1) is 32.2. The van der Waals surface area contributed by atoms with Crippen LogP contribution in [0.5, 0.6) is 5.75 Å². The van der Waals surface area contributed by atoms with Gasteiger partial charge in [0.25, 0.3) is 0 Å². The van der Waals surface area contributed by atoms with Crippen LogP contribution in [0.25, 0.3) is 33.0 Å². The van der Waals surface area contributed by atoms with E-state index in [0.717, 1.165) is 61.3 Å². The molecule has 1 spiro atoms. The van der Waals surface area contributed by atoms with Crippen molar-refractivity contribution in [3.63, 3.8) is 0 Å². The molecule has 56 heavy (non-hydrogen) atoms. The van der Waals surface area contributed by atoms with Crippen molar-refractivity contribution in [3.05, 3.63) is 221 Å². The predicted molar refractivity (Wildman–Crippen MR) is 224 cm³/mol. The van der Waals surface area contributed by atoms with Crippen LogP contribution in [0.2, 0.25) is 0 Å². The Morgan fingerprint density at radius 3 is 2.16 bits per heavy atom. The van der Waals surface area contributed by atoms with Crippen LogP contribution in [0.3, 0.4) is 0 Å². The highest BCUT2D eigenvalue weighted by molar-refractivity contribution is 6.13. The molecule has 7 aromatic carbocycles. The van der Waals surface area contributed by atoms with E-state index in [1.165, 1.54) is 16.7 Å². The second-order valence-corrected chi connectivity index (χ2v) is 14.8. The largest absolute Gasteiger partial charge is 0.485 e. The minimum absolute atomic E-state index is 0.0150. The maximum absolute atomic E-state index is 10.6. The van der Waals surface area contributed by atoms with E-state index in [9.17, 15) is 5.26 Å². The third-order valence-corrected chi connectivity index (χ3v) is 11.8. The van der Waals surface area contributed by atoms with Crippen LogP contribution in [0.15, 0.2) is 192 Å². The molecule has 1 N–H and O–H groups in total. The molecule has 4 atom stereocenters. The lowest BCUT2D eigenvalue weighted by atomic mass is 9.60. The maximum atomic E-state index is 10.6. The number of nitrogens with zero attached hydrogens (tertiary/aromatic N) is 3. The molecule has 2 aliphatic carbocycles. The summed E-state index contributed by atoms with van der Waals surface area (Å²) in [5.41, 5.74) is 11.2. The van der Waals surface area contributed by atoms with Crippen molar-refractivity contribution in [1.82, 2.24) is 5.32 Å². The Morgan fingerprint density at radius 2 is 1.32 bits per heavy atom. The number of ether oxygens (including phenoxy) is 1. The number of nitrogens with one attached hydrogen (secondary N) is 1. The molecule has 5 heteroatoms. The SMILES string of the molecule is N#Cc1cc2c(c3ccccc13)-c1cc(-c3cccc(C4N=C(c5ccccc5)N=C(c5ccccc5)N4)c3)ccc1C21c2ccccc2OC2C=CC=CC21. The van der Waals surface area contributed by atoms with Crippen LogP contribution in [-0.2, 0) is 5.41 Å². The Kier molecular flexibility index (Phi) is 7.27. The average molecular weight is 719 g/mol. The fourth-order valence-electron chi connectivity index (χ4n) is 9.42. The van der Waals surface area contributed by atoms with Gasteiger partial charge in [0.1, 0.15) is 23.9 Å². The summed E-state index contributed by atoms with van der Waals surface area (Å²) in [4.78, 5) is 10.1. The summed E-state index contributed by atoms with van der Waals surface area (Å²) in [6.45, 7) is 0. The molecular formula is C51H34N4O. The molecule has 5 nitrogen and oxygen atoms in total. The fraction of sp³-hybridized carbons (Fsp3) is 0.0784. The van der Waals surface area contributed by atoms with Gasteiger partial charge in [0.05, 0.1) is 17.0 Å². The number of aliphatic imine (C=N–C) groups is 2. The number of benzene rings is 7. The van der Waals surface area contributed by atoms with Gasteiger partial charge in [-0.15, -0.1) is 0 Å². The van der Waals surface area contributed by atoms with Crippen LogP contribution < -0.4 is 10.1 Å². The van der Waals surface area contributed by atoms with E-state index in [-0.39, 0.29) is 18.2 Å². The van der Waals surface area contributed by atoms with Gasteiger partial charge in [-0.25, -0.2) is 9.98 Å². The van der Waals surface area contributed by atoms with Gasteiger partial charge in [-0.1, -0.05) is 152 Å². The summed E-state index contributed by atoms with van der Waals surface area (Å²) in [5, 5.41) is 16.3. The number of para-hydroxylation sites is 1. The first-order chi connectivity index (χ1) is 27.7. The second kappa shape index (κ2) is 12.7. The highest BCUT2D eigenvalue weighted by atomic mass is 16.5. The molecule has 4 aliphatic rings. The van der Waals surface area contributed by atoms with Crippen LogP contribution in [-0.4, -0.2) is 17.8 Å². The van der Waals surface area contributed by atoms with Crippen molar-refractivity contribution in [1.29, 1.82) is 5.26 Å². The number of fused-ring (bicyclic) bond motifs is 11. The van der Waals surface area contributed by atoms with Crippen molar-refractivity contribution in [2.75, 3.05) is 0 Å². The van der Waals surface area contributed by atoms with Crippen LogP contribution in [0.4, 0.5) is 0 Å². The van der Waals surface area contributed by atoms with Crippen LogP contribution in [0.1, 0.15) is 45.1 Å². The van der Waals surface area contributed by atoms with Crippen LogP contribution in [0, 0.1) is 17.2 Å². The molecule has 7 aromatic rings.